The monoisotopic (exact) mass is 551 g/mol. The zero-order valence-corrected chi connectivity index (χ0v) is 22.7. The van der Waals surface area contributed by atoms with Gasteiger partial charge in [-0.25, -0.2) is 9.78 Å². The van der Waals surface area contributed by atoms with E-state index in [9.17, 15) is 19.2 Å². The molecule has 202 valence electrons. The van der Waals surface area contributed by atoms with Crippen LogP contribution in [0.4, 0.5) is 5.13 Å². The molecular weight excluding hydrogens is 518 g/mol. The highest BCUT2D eigenvalue weighted by molar-refractivity contribution is 8.00. The van der Waals surface area contributed by atoms with Crippen LogP contribution in [0.15, 0.2) is 22.3 Å². The van der Waals surface area contributed by atoms with Crippen LogP contribution in [0, 0.1) is 0 Å². The van der Waals surface area contributed by atoms with Crippen molar-refractivity contribution >= 4 is 58.1 Å². The summed E-state index contributed by atoms with van der Waals surface area (Å²) in [6.07, 6.45) is 11.3. The summed E-state index contributed by atoms with van der Waals surface area (Å²) in [5.74, 6) is -1.07. The second kappa shape index (κ2) is 14.7. The molecule has 37 heavy (non-hydrogen) atoms. The van der Waals surface area contributed by atoms with Gasteiger partial charge in [0.2, 0.25) is 6.41 Å². The smallest absolute Gasteiger partial charge is 0.354 e. The van der Waals surface area contributed by atoms with Crippen molar-refractivity contribution in [2.45, 2.75) is 69.7 Å². The average Bonchev–Trinajstić information content (AvgIpc) is 3.36. The number of β-lactam (4-membered cyclic amide) rings is 1. The van der Waals surface area contributed by atoms with Crippen LogP contribution in [0.5, 0.6) is 0 Å². The Morgan fingerprint density at radius 1 is 1.22 bits per heavy atom. The van der Waals surface area contributed by atoms with E-state index in [4.69, 9.17) is 9.57 Å². The number of hydrogen-bond donors (Lipinski definition) is 2. The first-order valence-electron chi connectivity index (χ1n) is 12.4. The first-order chi connectivity index (χ1) is 18.0. The predicted molar refractivity (Wildman–Crippen MR) is 142 cm³/mol. The molecule has 0 saturated carbocycles. The summed E-state index contributed by atoms with van der Waals surface area (Å²) in [5, 5.41) is 10.2. The number of aromatic nitrogens is 1. The number of nitrogens with zero attached hydrogens (tertiary/aromatic N) is 3. The van der Waals surface area contributed by atoms with Gasteiger partial charge < -0.3 is 20.2 Å². The topological polar surface area (TPSA) is 139 Å². The molecule has 2 N–H and O–H groups in total. The Hall–Kier alpha value is -2.93. The Morgan fingerprint density at radius 3 is 2.65 bits per heavy atom. The molecule has 3 amide bonds. The van der Waals surface area contributed by atoms with Crippen molar-refractivity contribution in [2.24, 2.45) is 5.16 Å². The van der Waals surface area contributed by atoms with Crippen molar-refractivity contribution in [1.82, 2.24) is 15.2 Å². The average molecular weight is 552 g/mol. The number of amides is 3. The minimum absolute atomic E-state index is 0.134. The standard InChI is InChI=1S/C24H33N5O6S2/c1-3-4-5-6-7-8-9-10-12-35-23(33)17-11-13-36-22-19(21(32)29(17)22)27-20(31)18(28-34-2)16-14-37-24(26-16)25-15-30/h11,14-15,19,22H,3-10,12-13H2,1-2H3,(H,27,31)(H,25,26,30)/b28-18-/t19?,22-/m1/s1. The molecule has 0 aliphatic carbocycles. The Labute approximate surface area is 224 Å². The van der Waals surface area contributed by atoms with Crippen molar-refractivity contribution in [3.05, 3.63) is 22.8 Å². The quantitative estimate of drug-likeness (QED) is 0.0798. The first kappa shape index (κ1) is 28.6. The number of unbranched alkanes of at least 4 members (excludes halogenated alkanes) is 7. The third kappa shape index (κ3) is 7.54. The lowest BCUT2D eigenvalue weighted by atomic mass is 10.0. The molecule has 1 unspecified atom stereocenters. The molecule has 1 aromatic rings. The number of hydrogen-bond acceptors (Lipinski definition) is 10. The fourth-order valence-corrected chi connectivity index (χ4v) is 5.86. The number of ether oxygens (including phenoxy) is 1. The van der Waals surface area contributed by atoms with Crippen molar-refractivity contribution in [1.29, 1.82) is 0 Å². The van der Waals surface area contributed by atoms with E-state index in [0.717, 1.165) is 30.6 Å². The van der Waals surface area contributed by atoms with Crippen molar-refractivity contribution in [2.75, 3.05) is 24.8 Å². The molecular formula is C24H33N5O6S2. The van der Waals surface area contributed by atoms with E-state index >= 15 is 0 Å². The molecule has 3 heterocycles. The molecule has 1 aromatic heterocycles. The van der Waals surface area contributed by atoms with Gasteiger partial charge in [-0.2, -0.15) is 0 Å². The lowest BCUT2D eigenvalue weighted by Gasteiger charge is -2.48. The van der Waals surface area contributed by atoms with Crippen LogP contribution in [-0.2, 0) is 28.8 Å². The number of thioether (sulfide) groups is 1. The maximum atomic E-state index is 12.9. The molecule has 1 fully saturated rings. The zero-order valence-electron chi connectivity index (χ0n) is 21.1. The molecule has 0 bridgehead atoms. The fourth-order valence-electron chi connectivity index (χ4n) is 4.01. The molecule has 13 heteroatoms. The van der Waals surface area contributed by atoms with Crippen molar-refractivity contribution in [3.8, 4) is 0 Å². The Bertz CT molecular complexity index is 1030. The number of rotatable bonds is 16. The molecule has 0 spiro atoms. The van der Waals surface area contributed by atoms with Crippen LogP contribution >= 0.6 is 23.1 Å². The number of esters is 1. The van der Waals surface area contributed by atoms with E-state index in [2.05, 4.69) is 27.7 Å². The van der Waals surface area contributed by atoms with Gasteiger partial charge in [0.1, 0.15) is 29.9 Å². The second-order valence-corrected chi connectivity index (χ2v) is 10.5. The maximum absolute atomic E-state index is 12.9. The number of thiazole rings is 1. The fraction of sp³-hybridized carbons (Fsp3) is 0.583. The van der Waals surface area contributed by atoms with E-state index in [0.29, 0.717) is 18.8 Å². The van der Waals surface area contributed by atoms with Gasteiger partial charge in [-0.3, -0.25) is 19.3 Å². The van der Waals surface area contributed by atoms with Gasteiger partial charge in [-0.15, -0.1) is 23.1 Å². The van der Waals surface area contributed by atoms with Gasteiger partial charge in [-0.1, -0.05) is 57.0 Å². The van der Waals surface area contributed by atoms with Crippen LogP contribution in [-0.4, -0.2) is 70.7 Å². The van der Waals surface area contributed by atoms with Crippen LogP contribution in [0.3, 0.4) is 0 Å². The summed E-state index contributed by atoms with van der Waals surface area (Å²) in [6, 6.07) is -0.838. The summed E-state index contributed by atoms with van der Waals surface area (Å²) < 4.78 is 5.42. The summed E-state index contributed by atoms with van der Waals surface area (Å²) in [5.41, 5.74) is 0.276. The Morgan fingerprint density at radius 2 is 1.95 bits per heavy atom. The molecule has 2 atom stereocenters. The van der Waals surface area contributed by atoms with E-state index in [1.807, 2.05) is 0 Å². The third-order valence-corrected chi connectivity index (χ3v) is 7.86. The van der Waals surface area contributed by atoms with Gasteiger partial charge >= 0.3 is 5.97 Å². The van der Waals surface area contributed by atoms with Gasteiger partial charge in [0.05, 0.1) is 6.61 Å². The third-order valence-electron chi connectivity index (χ3n) is 5.90. The number of nitrogens with one attached hydrogen (secondary N) is 2. The van der Waals surface area contributed by atoms with Crippen LogP contribution in [0.1, 0.15) is 64.0 Å². The molecule has 0 radical (unpaired) electrons. The SMILES string of the molecule is CCCCCCCCCCOC(=O)C1=CCS[C@@H]2C(NC(=O)/C(=N\OC)c3csc(NC=O)n3)C(=O)N12. The van der Waals surface area contributed by atoms with Crippen molar-refractivity contribution < 1.29 is 28.8 Å². The molecule has 11 nitrogen and oxygen atoms in total. The minimum atomic E-state index is -0.838. The molecule has 0 aromatic carbocycles. The summed E-state index contributed by atoms with van der Waals surface area (Å²) in [6.45, 7) is 2.51. The van der Waals surface area contributed by atoms with E-state index in [1.54, 1.807) is 6.08 Å². The normalized spacial score (nSPS) is 18.9. The van der Waals surface area contributed by atoms with Crippen LogP contribution < -0.4 is 10.6 Å². The zero-order chi connectivity index (χ0) is 26.6. The summed E-state index contributed by atoms with van der Waals surface area (Å²) in [4.78, 5) is 59.4. The lowest BCUT2D eigenvalue weighted by molar-refractivity contribution is -0.152. The van der Waals surface area contributed by atoms with Gasteiger partial charge in [-0.05, 0) is 12.5 Å². The number of fused-ring (bicyclic) bond motifs is 1. The maximum Gasteiger partial charge on any atom is 0.354 e. The highest BCUT2D eigenvalue weighted by Gasteiger charge is 2.53. The van der Waals surface area contributed by atoms with E-state index < -0.39 is 29.2 Å². The largest absolute Gasteiger partial charge is 0.461 e. The van der Waals surface area contributed by atoms with Gasteiger partial charge in [0.25, 0.3) is 11.8 Å². The molecule has 1 saturated heterocycles. The predicted octanol–water partition coefficient (Wildman–Crippen LogP) is 3.03. The molecule has 3 rings (SSSR count). The van der Waals surface area contributed by atoms with Crippen LogP contribution in [0.2, 0.25) is 0 Å². The molecule has 2 aliphatic rings. The highest BCUT2D eigenvalue weighted by Crippen LogP contribution is 2.37. The van der Waals surface area contributed by atoms with Crippen molar-refractivity contribution in [3.63, 3.8) is 0 Å². The van der Waals surface area contributed by atoms with Gasteiger partial charge in [0.15, 0.2) is 10.8 Å². The lowest BCUT2D eigenvalue weighted by Crippen LogP contribution is -2.70. The minimum Gasteiger partial charge on any atom is -0.461 e. The highest BCUT2D eigenvalue weighted by atomic mass is 32.2. The second-order valence-electron chi connectivity index (χ2n) is 8.51. The van der Waals surface area contributed by atoms with Crippen LogP contribution in [0.25, 0.3) is 0 Å². The summed E-state index contributed by atoms with van der Waals surface area (Å²) >= 11 is 2.55. The number of carbonyl (C=O) groups excluding carboxylic acids is 4. The van der Waals surface area contributed by atoms with Gasteiger partial charge in [0, 0.05) is 11.1 Å². The first-order valence-corrected chi connectivity index (χ1v) is 14.3. The molecule has 2 aliphatic heterocycles. The number of oxime groups is 1. The Kier molecular flexibility index (Phi) is 11.4. The van der Waals surface area contributed by atoms with E-state index in [1.165, 1.54) is 61.3 Å². The Balaban J connectivity index is 1.49. The van der Waals surface area contributed by atoms with E-state index in [-0.39, 0.29) is 22.2 Å². The summed E-state index contributed by atoms with van der Waals surface area (Å²) in [7, 11) is 1.29. The number of carbonyl (C=O) groups is 4. The number of anilines is 1.